The van der Waals surface area contributed by atoms with E-state index in [-0.39, 0.29) is 5.92 Å². The van der Waals surface area contributed by atoms with Crippen molar-refractivity contribution < 1.29 is 4.79 Å². The van der Waals surface area contributed by atoms with Crippen molar-refractivity contribution in [1.29, 1.82) is 0 Å². The maximum Gasteiger partial charge on any atom is 0.132 e. The zero-order valence-corrected chi connectivity index (χ0v) is 9.25. The lowest BCUT2D eigenvalue weighted by Crippen LogP contribution is -2.26. The van der Waals surface area contributed by atoms with Gasteiger partial charge in [-0.3, -0.25) is 4.79 Å². The van der Waals surface area contributed by atoms with Crippen LogP contribution in [-0.2, 0) is 4.79 Å². The highest BCUT2D eigenvalue weighted by molar-refractivity contribution is 5.78. The number of ketones is 1. The van der Waals surface area contributed by atoms with Gasteiger partial charge in [-0.05, 0) is 44.9 Å². The van der Waals surface area contributed by atoms with Gasteiger partial charge in [0.2, 0.25) is 0 Å². The van der Waals surface area contributed by atoms with Crippen molar-refractivity contribution in [3.63, 3.8) is 0 Å². The lowest BCUT2D eigenvalue weighted by atomic mass is 9.72. The largest absolute Gasteiger partial charge is 0.300 e. The van der Waals surface area contributed by atoms with Gasteiger partial charge < -0.3 is 0 Å². The van der Waals surface area contributed by atoms with E-state index in [2.05, 4.69) is 20.1 Å². The predicted octanol–water partition coefficient (Wildman–Crippen LogP) is 3.37. The van der Waals surface area contributed by atoms with Gasteiger partial charge in [0.1, 0.15) is 5.78 Å². The lowest BCUT2D eigenvalue weighted by Gasteiger charge is -2.32. The van der Waals surface area contributed by atoms with Crippen LogP contribution in [0.5, 0.6) is 0 Å². The zero-order chi connectivity index (χ0) is 10.7. The smallest absolute Gasteiger partial charge is 0.132 e. The van der Waals surface area contributed by atoms with Gasteiger partial charge in [-0.25, -0.2) is 0 Å². The summed E-state index contributed by atoms with van der Waals surface area (Å²) < 4.78 is 0. The third-order valence-electron chi connectivity index (χ3n) is 3.35. The van der Waals surface area contributed by atoms with Crippen molar-refractivity contribution in [1.82, 2.24) is 0 Å². The molecule has 0 amide bonds. The Bertz CT molecular complexity index is 230. The van der Waals surface area contributed by atoms with Crippen molar-refractivity contribution in [2.24, 2.45) is 17.8 Å². The molecule has 0 spiro atoms. The van der Waals surface area contributed by atoms with Gasteiger partial charge in [0, 0.05) is 5.92 Å². The lowest BCUT2D eigenvalue weighted by molar-refractivity contribution is -0.122. The van der Waals surface area contributed by atoms with Crippen molar-refractivity contribution in [3.05, 3.63) is 24.8 Å². The number of hydrogen-bond donors (Lipinski definition) is 0. The first kappa shape index (κ1) is 11.2. The molecule has 0 aromatic carbocycles. The second kappa shape index (κ2) is 4.59. The molecule has 1 saturated carbocycles. The monoisotopic (exact) mass is 192 g/mol. The number of carbonyl (C=O) groups is 1. The van der Waals surface area contributed by atoms with Gasteiger partial charge in [0.25, 0.3) is 0 Å². The molecule has 0 saturated heterocycles. The molecule has 0 heterocycles. The van der Waals surface area contributed by atoms with E-state index in [1.54, 1.807) is 6.92 Å². The first-order valence-electron chi connectivity index (χ1n) is 5.33. The minimum Gasteiger partial charge on any atom is -0.300 e. The summed E-state index contributed by atoms with van der Waals surface area (Å²) in [5.74, 6) is 1.57. The van der Waals surface area contributed by atoms with Crippen LogP contribution in [0, 0.1) is 17.8 Å². The van der Waals surface area contributed by atoms with Gasteiger partial charge >= 0.3 is 0 Å². The Morgan fingerprint density at radius 3 is 2.21 bits per heavy atom. The Kier molecular flexibility index (Phi) is 3.68. The average Bonchev–Trinajstić information content (AvgIpc) is 2.16. The summed E-state index contributed by atoms with van der Waals surface area (Å²) in [6, 6.07) is 0. The van der Waals surface area contributed by atoms with E-state index in [1.165, 1.54) is 5.57 Å². The standard InChI is InChI=1S/C13H20O/c1-5-11-6-12(9(2)3)8-13(7-11)10(4)14/h5,11-13H,1-2,6-8H2,3-4H3. The van der Waals surface area contributed by atoms with Crippen molar-refractivity contribution in [3.8, 4) is 0 Å². The third kappa shape index (κ3) is 2.57. The molecule has 0 N–H and O–H groups in total. The molecule has 1 fully saturated rings. The highest BCUT2D eigenvalue weighted by atomic mass is 16.1. The first-order chi connectivity index (χ1) is 6.54. The predicted molar refractivity (Wildman–Crippen MR) is 60.0 cm³/mol. The van der Waals surface area contributed by atoms with Crippen LogP contribution >= 0.6 is 0 Å². The molecule has 0 bridgehead atoms. The molecule has 0 radical (unpaired) electrons. The molecule has 0 aromatic rings. The summed E-state index contributed by atoms with van der Waals surface area (Å²) in [6.07, 6.45) is 5.10. The number of rotatable bonds is 3. The van der Waals surface area contributed by atoms with E-state index in [0.29, 0.717) is 17.6 Å². The third-order valence-corrected chi connectivity index (χ3v) is 3.35. The highest BCUT2D eigenvalue weighted by Gasteiger charge is 2.29. The van der Waals surface area contributed by atoms with Crippen LogP contribution in [0.25, 0.3) is 0 Å². The molecule has 78 valence electrons. The van der Waals surface area contributed by atoms with E-state index < -0.39 is 0 Å². The normalized spacial score (nSPS) is 32.3. The van der Waals surface area contributed by atoms with Gasteiger partial charge in [-0.1, -0.05) is 18.2 Å². The SMILES string of the molecule is C=CC1CC(C(=C)C)CC(C(C)=O)C1. The van der Waals surface area contributed by atoms with Gasteiger partial charge in [0.05, 0.1) is 0 Å². The average molecular weight is 192 g/mol. The van der Waals surface area contributed by atoms with E-state index >= 15 is 0 Å². The van der Waals surface area contributed by atoms with E-state index in [0.717, 1.165) is 19.3 Å². The fourth-order valence-corrected chi connectivity index (χ4v) is 2.29. The zero-order valence-electron chi connectivity index (χ0n) is 9.25. The molecule has 3 unspecified atom stereocenters. The summed E-state index contributed by atoms with van der Waals surface area (Å²) in [5, 5.41) is 0. The van der Waals surface area contributed by atoms with Crippen LogP contribution in [0.2, 0.25) is 0 Å². The Labute approximate surface area is 86.9 Å². The molecule has 1 aliphatic rings. The van der Waals surface area contributed by atoms with Crippen LogP contribution in [-0.4, -0.2) is 5.78 Å². The molecule has 14 heavy (non-hydrogen) atoms. The molecule has 1 heteroatoms. The van der Waals surface area contributed by atoms with Crippen LogP contribution < -0.4 is 0 Å². The Morgan fingerprint density at radius 2 is 1.79 bits per heavy atom. The molecule has 1 rings (SSSR count). The van der Waals surface area contributed by atoms with Crippen LogP contribution in [0.3, 0.4) is 0 Å². The molecule has 1 nitrogen and oxygen atoms in total. The fraction of sp³-hybridized carbons (Fsp3) is 0.615. The summed E-state index contributed by atoms with van der Waals surface area (Å²) in [5.41, 5.74) is 1.21. The molecule has 3 atom stereocenters. The molecular weight excluding hydrogens is 172 g/mol. The number of Topliss-reactive ketones (excluding diaryl/α,β-unsaturated/α-hetero) is 1. The maximum absolute atomic E-state index is 11.4. The topological polar surface area (TPSA) is 17.1 Å². The second-order valence-electron chi connectivity index (χ2n) is 4.55. The minimum atomic E-state index is 0.230. The van der Waals surface area contributed by atoms with E-state index in [9.17, 15) is 4.79 Å². The minimum absolute atomic E-state index is 0.230. The molecular formula is C13H20O. The van der Waals surface area contributed by atoms with Crippen molar-refractivity contribution >= 4 is 5.78 Å². The number of allylic oxidation sites excluding steroid dienone is 2. The fourth-order valence-electron chi connectivity index (χ4n) is 2.29. The number of hydrogen-bond acceptors (Lipinski definition) is 1. The summed E-state index contributed by atoms with van der Waals surface area (Å²) in [7, 11) is 0. The molecule has 1 aliphatic carbocycles. The molecule has 0 aromatic heterocycles. The highest BCUT2D eigenvalue weighted by Crippen LogP contribution is 2.37. The maximum atomic E-state index is 11.4. The van der Waals surface area contributed by atoms with Gasteiger partial charge in [-0.15, -0.1) is 6.58 Å². The van der Waals surface area contributed by atoms with Crippen LogP contribution in [0.1, 0.15) is 33.1 Å². The summed E-state index contributed by atoms with van der Waals surface area (Å²) in [4.78, 5) is 11.4. The van der Waals surface area contributed by atoms with Gasteiger partial charge in [0.15, 0.2) is 0 Å². The van der Waals surface area contributed by atoms with Crippen molar-refractivity contribution in [2.75, 3.05) is 0 Å². The van der Waals surface area contributed by atoms with Gasteiger partial charge in [-0.2, -0.15) is 0 Å². The van der Waals surface area contributed by atoms with E-state index in [1.807, 2.05) is 6.08 Å². The quantitative estimate of drug-likeness (QED) is 0.626. The van der Waals surface area contributed by atoms with Crippen molar-refractivity contribution in [2.45, 2.75) is 33.1 Å². The Morgan fingerprint density at radius 1 is 1.21 bits per heavy atom. The summed E-state index contributed by atoms with van der Waals surface area (Å²) in [6.45, 7) is 11.6. The molecule has 0 aliphatic heterocycles. The Balaban J connectivity index is 2.70. The van der Waals surface area contributed by atoms with Crippen LogP contribution in [0.4, 0.5) is 0 Å². The number of carbonyl (C=O) groups excluding carboxylic acids is 1. The first-order valence-corrected chi connectivity index (χ1v) is 5.33. The van der Waals surface area contributed by atoms with E-state index in [4.69, 9.17) is 0 Å². The Hall–Kier alpha value is -0.850. The second-order valence-corrected chi connectivity index (χ2v) is 4.55. The van der Waals surface area contributed by atoms with Crippen LogP contribution in [0.15, 0.2) is 24.8 Å². The summed E-state index contributed by atoms with van der Waals surface area (Å²) >= 11 is 0.